The summed E-state index contributed by atoms with van der Waals surface area (Å²) in [5.41, 5.74) is 0.608. The first-order valence-corrected chi connectivity index (χ1v) is 6.52. The van der Waals surface area contributed by atoms with Crippen molar-refractivity contribution in [2.45, 2.75) is 26.3 Å². The van der Waals surface area contributed by atoms with Crippen LogP contribution in [0.2, 0.25) is 0 Å². The van der Waals surface area contributed by atoms with Crippen LogP contribution in [0.4, 0.5) is 15.9 Å². The summed E-state index contributed by atoms with van der Waals surface area (Å²) in [6.07, 6.45) is 0. The molecule has 21 heavy (non-hydrogen) atoms. The van der Waals surface area contributed by atoms with E-state index in [2.05, 4.69) is 20.8 Å². The molecular weight excluding hydrogens is 271 g/mol. The number of aromatic nitrogens is 2. The highest BCUT2D eigenvalue weighted by atomic mass is 19.1. The van der Waals surface area contributed by atoms with Gasteiger partial charge in [0.2, 0.25) is 0 Å². The maximum Gasteiger partial charge on any atom is 0.272 e. The standard InChI is InChI=1S/C15H17FN4O/c1-15(2,3)18-14(21)12-8-9-13(20-19-12)17-11-6-4-10(16)5-7-11/h4-9H,1-3H3,(H,17,20)(H,18,21). The number of amides is 1. The molecule has 1 amide bonds. The minimum atomic E-state index is -0.330. The summed E-state index contributed by atoms with van der Waals surface area (Å²) in [4.78, 5) is 11.9. The maximum atomic E-state index is 12.8. The lowest BCUT2D eigenvalue weighted by atomic mass is 10.1. The van der Waals surface area contributed by atoms with Gasteiger partial charge < -0.3 is 10.6 Å². The van der Waals surface area contributed by atoms with Crippen LogP contribution >= 0.6 is 0 Å². The molecule has 0 unspecified atom stereocenters. The Balaban J connectivity index is 2.05. The number of nitrogens with one attached hydrogen (secondary N) is 2. The minimum Gasteiger partial charge on any atom is -0.346 e. The molecule has 0 spiro atoms. The SMILES string of the molecule is CC(C)(C)NC(=O)c1ccc(Nc2ccc(F)cc2)nn1. The topological polar surface area (TPSA) is 66.9 Å². The van der Waals surface area contributed by atoms with E-state index in [1.165, 1.54) is 12.1 Å². The first kappa shape index (κ1) is 14.9. The second kappa shape index (κ2) is 5.87. The van der Waals surface area contributed by atoms with Crippen LogP contribution in [0, 0.1) is 5.82 Å². The Hall–Kier alpha value is -2.50. The van der Waals surface area contributed by atoms with Crippen molar-refractivity contribution in [3.05, 3.63) is 47.9 Å². The zero-order valence-electron chi connectivity index (χ0n) is 12.1. The van der Waals surface area contributed by atoms with Gasteiger partial charge in [-0.25, -0.2) is 4.39 Å². The number of hydrogen-bond acceptors (Lipinski definition) is 4. The highest BCUT2D eigenvalue weighted by Gasteiger charge is 2.16. The molecule has 2 N–H and O–H groups in total. The summed E-state index contributed by atoms with van der Waals surface area (Å²) in [6.45, 7) is 5.67. The lowest BCUT2D eigenvalue weighted by Crippen LogP contribution is -2.41. The Bertz CT molecular complexity index is 618. The van der Waals surface area contributed by atoms with Crippen molar-refractivity contribution in [3.8, 4) is 0 Å². The predicted molar refractivity (Wildman–Crippen MR) is 78.9 cm³/mol. The van der Waals surface area contributed by atoms with Gasteiger partial charge in [-0.05, 0) is 57.2 Å². The van der Waals surface area contributed by atoms with Gasteiger partial charge in [0.1, 0.15) is 5.82 Å². The fourth-order valence-corrected chi connectivity index (χ4v) is 1.61. The summed E-state index contributed by atoms with van der Waals surface area (Å²) in [6, 6.07) is 9.12. The van der Waals surface area contributed by atoms with Gasteiger partial charge in [-0.3, -0.25) is 4.79 Å². The van der Waals surface area contributed by atoms with Crippen molar-refractivity contribution >= 4 is 17.4 Å². The fourth-order valence-electron chi connectivity index (χ4n) is 1.61. The highest BCUT2D eigenvalue weighted by molar-refractivity contribution is 5.92. The van der Waals surface area contributed by atoms with Crippen LogP contribution in [0.3, 0.4) is 0 Å². The zero-order chi connectivity index (χ0) is 15.5. The Kier molecular flexibility index (Phi) is 4.16. The van der Waals surface area contributed by atoms with Crippen LogP contribution in [-0.4, -0.2) is 21.6 Å². The smallest absolute Gasteiger partial charge is 0.272 e. The van der Waals surface area contributed by atoms with E-state index in [1.54, 1.807) is 24.3 Å². The van der Waals surface area contributed by atoms with E-state index in [9.17, 15) is 9.18 Å². The molecule has 0 atom stereocenters. The van der Waals surface area contributed by atoms with Crippen molar-refractivity contribution < 1.29 is 9.18 Å². The molecule has 1 aromatic carbocycles. The van der Waals surface area contributed by atoms with E-state index in [4.69, 9.17) is 0 Å². The number of nitrogens with zero attached hydrogens (tertiary/aromatic N) is 2. The number of halogens is 1. The van der Waals surface area contributed by atoms with Gasteiger partial charge in [-0.15, -0.1) is 10.2 Å². The van der Waals surface area contributed by atoms with Crippen LogP contribution in [0.1, 0.15) is 31.3 Å². The van der Waals surface area contributed by atoms with E-state index in [0.29, 0.717) is 11.5 Å². The fraction of sp³-hybridized carbons (Fsp3) is 0.267. The van der Waals surface area contributed by atoms with Gasteiger partial charge in [0.25, 0.3) is 5.91 Å². The Labute approximate surface area is 122 Å². The maximum absolute atomic E-state index is 12.8. The molecule has 0 saturated heterocycles. The van der Waals surface area contributed by atoms with E-state index >= 15 is 0 Å². The molecule has 0 aliphatic rings. The van der Waals surface area contributed by atoms with Crippen LogP contribution in [-0.2, 0) is 0 Å². The number of benzene rings is 1. The minimum absolute atomic E-state index is 0.245. The van der Waals surface area contributed by atoms with Gasteiger partial charge in [0.15, 0.2) is 11.5 Å². The van der Waals surface area contributed by atoms with Crippen molar-refractivity contribution in [3.63, 3.8) is 0 Å². The largest absolute Gasteiger partial charge is 0.346 e. The third kappa shape index (κ3) is 4.52. The summed E-state index contributed by atoms with van der Waals surface area (Å²) in [5, 5.41) is 13.6. The molecule has 0 fully saturated rings. The van der Waals surface area contributed by atoms with Crippen molar-refractivity contribution in [2.24, 2.45) is 0 Å². The quantitative estimate of drug-likeness (QED) is 0.911. The molecule has 2 aromatic rings. The highest BCUT2D eigenvalue weighted by Crippen LogP contribution is 2.14. The molecular formula is C15H17FN4O. The summed E-state index contributed by atoms with van der Waals surface area (Å²) < 4.78 is 12.8. The number of carbonyl (C=O) groups is 1. The van der Waals surface area contributed by atoms with Crippen LogP contribution in [0.15, 0.2) is 36.4 Å². The van der Waals surface area contributed by atoms with Crippen LogP contribution in [0.25, 0.3) is 0 Å². The molecule has 2 rings (SSSR count). The van der Waals surface area contributed by atoms with Gasteiger partial charge in [0.05, 0.1) is 0 Å². The number of carbonyl (C=O) groups excluding carboxylic acids is 1. The second-order valence-electron chi connectivity index (χ2n) is 5.64. The summed E-state index contributed by atoms with van der Waals surface area (Å²) >= 11 is 0. The molecule has 0 aliphatic carbocycles. The van der Waals surface area contributed by atoms with E-state index < -0.39 is 0 Å². The predicted octanol–water partition coefficient (Wildman–Crippen LogP) is 2.89. The lowest BCUT2D eigenvalue weighted by molar-refractivity contribution is 0.0913. The molecule has 0 bridgehead atoms. The van der Waals surface area contributed by atoms with E-state index in [1.807, 2.05) is 20.8 Å². The number of anilines is 2. The molecule has 1 heterocycles. The number of rotatable bonds is 3. The average Bonchev–Trinajstić information content (AvgIpc) is 2.40. The van der Waals surface area contributed by atoms with Crippen LogP contribution in [0.5, 0.6) is 0 Å². The normalized spacial score (nSPS) is 11.0. The van der Waals surface area contributed by atoms with Crippen LogP contribution < -0.4 is 10.6 Å². The van der Waals surface area contributed by atoms with Gasteiger partial charge in [-0.1, -0.05) is 0 Å². The van der Waals surface area contributed by atoms with Crippen molar-refractivity contribution in [1.29, 1.82) is 0 Å². The molecule has 6 heteroatoms. The molecule has 110 valence electrons. The molecule has 5 nitrogen and oxygen atoms in total. The monoisotopic (exact) mass is 288 g/mol. The molecule has 0 saturated carbocycles. The third-order valence-corrected chi connectivity index (χ3v) is 2.50. The Morgan fingerprint density at radius 3 is 2.24 bits per heavy atom. The Morgan fingerprint density at radius 1 is 1.05 bits per heavy atom. The number of hydrogen-bond donors (Lipinski definition) is 2. The van der Waals surface area contributed by atoms with Gasteiger partial charge >= 0.3 is 0 Å². The summed E-state index contributed by atoms with van der Waals surface area (Å²) in [7, 11) is 0. The van der Waals surface area contributed by atoms with Gasteiger partial charge in [-0.2, -0.15) is 0 Å². The third-order valence-electron chi connectivity index (χ3n) is 2.50. The first-order chi connectivity index (χ1) is 9.83. The van der Waals surface area contributed by atoms with Crippen molar-refractivity contribution in [1.82, 2.24) is 15.5 Å². The van der Waals surface area contributed by atoms with Gasteiger partial charge in [0, 0.05) is 11.2 Å². The Morgan fingerprint density at radius 2 is 1.71 bits per heavy atom. The molecule has 0 radical (unpaired) electrons. The molecule has 0 aliphatic heterocycles. The van der Waals surface area contributed by atoms with Crippen molar-refractivity contribution in [2.75, 3.05) is 5.32 Å². The summed E-state index contributed by atoms with van der Waals surface area (Å²) in [5.74, 6) is -0.0990. The molecule has 1 aromatic heterocycles. The lowest BCUT2D eigenvalue weighted by Gasteiger charge is -2.19. The van der Waals surface area contributed by atoms with E-state index in [-0.39, 0.29) is 23.0 Å². The second-order valence-corrected chi connectivity index (χ2v) is 5.64. The zero-order valence-corrected chi connectivity index (χ0v) is 12.1. The first-order valence-electron chi connectivity index (χ1n) is 6.52. The average molecular weight is 288 g/mol. The van der Waals surface area contributed by atoms with E-state index in [0.717, 1.165) is 0 Å².